The standard InChI is InChI=1S/C19H17F2N3O3/c1-11(25)22-14-3-2-4-15(9-14)24-10-12(7-18(24)26)19(27)23-17-6-5-13(20)8-16(17)21/h2-6,8-9,12H,7,10H2,1H3,(H,22,25)(H,23,27)/t12-/m1/s1. The van der Waals surface area contributed by atoms with Crippen LogP contribution in [0.2, 0.25) is 0 Å². The summed E-state index contributed by atoms with van der Waals surface area (Å²) < 4.78 is 26.7. The third kappa shape index (κ3) is 4.28. The molecule has 1 atom stereocenters. The number of anilines is 3. The van der Waals surface area contributed by atoms with Gasteiger partial charge in [-0.25, -0.2) is 8.78 Å². The zero-order valence-electron chi connectivity index (χ0n) is 14.5. The van der Waals surface area contributed by atoms with Crippen LogP contribution in [0.1, 0.15) is 13.3 Å². The normalized spacial score (nSPS) is 16.3. The van der Waals surface area contributed by atoms with Gasteiger partial charge in [-0.3, -0.25) is 14.4 Å². The fourth-order valence-corrected chi connectivity index (χ4v) is 2.91. The highest BCUT2D eigenvalue weighted by molar-refractivity contribution is 6.04. The number of nitrogens with zero attached hydrogens (tertiary/aromatic N) is 1. The molecule has 2 aromatic rings. The molecule has 0 bridgehead atoms. The van der Waals surface area contributed by atoms with Gasteiger partial charge in [0, 0.05) is 37.3 Å². The van der Waals surface area contributed by atoms with Crippen molar-refractivity contribution in [2.24, 2.45) is 5.92 Å². The van der Waals surface area contributed by atoms with Gasteiger partial charge >= 0.3 is 0 Å². The Bertz CT molecular complexity index is 917. The third-order valence-corrected chi connectivity index (χ3v) is 4.16. The summed E-state index contributed by atoms with van der Waals surface area (Å²) >= 11 is 0. The van der Waals surface area contributed by atoms with Crippen LogP contribution in [0.4, 0.5) is 25.8 Å². The average molecular weight is 373 g/mol. The Hall–Kier alpha value is -3.29. The average Bonchev–Trinajstić information content (AvgIpc) is 2.99. The SMILES string of the molecule is CC(=O)Nc1cccc(N2C[C@H](C(=O)Nc3ccc(F)cc3F)CC2=O)c1. The molecule has 0 radical (unpaired) electrons. The number of hydrogen-bond donors (Lipinski definition) is 2. The summed E-state index contributed by atoms with van der Waals surface area (Å²) in [7, 11) is 0. The Labute approximate surface area is 154 Å². The van der Waals surface area contributed by atoms with E-state index in [1.807, 2.05) is 0 Å². The molecule has 1 saturated heterocycles. The van der Waals surface area contributed by atoms with Gasteiger partial charge in [-0.2, -0.15) is 0 Å². The number of halogens is 2. The third-order valence-electron chi connectivity index (χ3n) is 4.16. The number of carbonyl (C=O) groups is 3. The molecule has 0 unspecified atom stereocenters. The first-order valence-corrected chi connectivity index (χ1v) is 8.27. The molecule has 0 aliphatic carbocycles. The summed E-state index contributed by atoms with van der Waals surface area (Å²) in [6.45, 7) is 1.50. The smallest absolute Gasteiger partial charge is 0.229 e. The zero-order chi connectivity index (χ0) is 19.6. The van der Waals surface area contributed by atoms with Gasteiger partial charge < -0.3 is 15.5 Å². The van der Waals surface area contributed by atoms with Crippen LogP contribution in [0.3, 0.4) is 0 Å². The molecule has 140 valence electrons. The molecule has 3 amide bonds. The molecule has 27 heavy (non-hydrogen) atoms. The summed E-state index contributed by atoms with van der Waals surface area (Å²) in [5.74, 6) is -3.31. The largest absolute Gasteiger partial charge is 0.326 e. The molecule has 8 heteroatoms. The highest BCUT2D eigenvalue weighted by Crippen LogP contribution is 2.28. The monoisotopic (exact) mass is 373 g/mol. The minimum absolute atomic E-state index is 0.0288. The van der Waals surface area contributed by atoms with E-state index in [9.17, 15) is 23.2 Å². The predicted octanol–water partition coefficient (Wildman–Crippen LogP) is 2.91. The molecule has 6 nitrogen and oxygen atoms in total. The lowest BCUT2D eigenvalue weighted by Gasteiger charge is -2.18. The maximum atomic E-state index is 13.7. The second-order valence-corrected chi connectivity index (χ2v) is 6.25. The first-order chi connectivity index (χ1) is 12.8. The number of hydrogen-bond acceptors (Lipinski definition) is 3. The van der Waals surface area contributed by atoms with Crippen LogP contribution in [0, 0.1) is 17.6 Å². The van der Waals surface area contributed by atoms with Crippen LogP contribution in [0.15, 0.2) is 42.5 Å². The van der Waals surface area contributed by atoms with E-state index in [1.54, 1.807) is 24.3 Å². The van der Waals surface area contributed by atoms with Gasteiger partial charge in [-0.15, -0.1) is 0 Å². The number of amides is 3. The summed E-state index contributed by atoms with van der Waals surface area (Å²) in [5.41, 5.74) is 0.948. The Morgan fingerprint density at radius 1 is 1.11 bits per heavy atom. The molecule has 0 spiro atoms. The van der Waals surface area contributed by atoms with E-state index in [2.05, 4.69) is 10.6 Å². The molecule has 2 aromatic carbocycles. The molecule has 0 aromatic heterocycles. The van der Waals surface area contributed by atoms with Gasteiger partial charge in [0.15, 0.2) is 0 Å². The summed E-state index contributed by atoms with van der Waals surface area (Å²) in [5, 5.41) is 5.03. The van der Waals surface area contributed by atoms with Crippen LogP contribution in [0.5, 0.6) is 0 Å². The Balaban J connectivity index is 1.71. The van der Waals surface area contributed by atoms with Crippen LogP contribution < -0.4 is 15.5 Å². The fraction of sp³-hybridized carbons (Fsp3) is 0.211. The van der Waals surface area contributed by atoms with Crippen LogP contribution in [0.25, 0.3) is 0 Å². The van der Waals surface area contributed by atoms with E-state index in [1.165, 1.54) is 11.8 Å². The van der Waals surface area contributed by atoms with Crippen molar-refractivity contribution in [3.8, 4) is 0 Å². The molecule has 1 aliphatic heterocycles. The quantitative estimate of drug-likeness (QED) is 0.865. The molecular formula is C19H17F2N3O3. The van der Waals surface area contributed by atoms with Crippen molar-refractivity contribution in [1.82, 2.24) is 0 Å². The van der Waals surface area contributed by atoms with E-state index in [0.717, 1.165) is 12.1 Å². The van der Waals surface area contributed by atoms with Crippen molar-refractivity contribution < 1.29 is 23.2 Å². The van der Waals surface area contributed by atoms with Crippen LogP contribution >= 0.6 is 0 Å². The zero-order valence-corrected chi connectivity index (χ0v) is 14.5. The maximum absolute atomic E-state index is 13.7. The number of nitrogens with one attached hydrogen (secondary N) is 2. The van der Waals surface area contributed by atoms with Gasteiger partial charge in [-0.05, 0) is 30.3 Å². The lowest BCUT2D eigenvalue weighted by Crippen LogP contribution is -2.28. The van der Waals surface area contributed by atoms with E-state index in [0.29, 0.717) is 17.4 Å². The number of rotatable bonds is 4. The number of benzene rings is 2. The molecule has 2 N–H and O–H groups in total. The highest BCUT2D eigenvalue weighted by atomic mass is 19.1. The minimum atomic E-state index is -0.882. The van der Waals surface area contributed by atoms with E-state index < -0.39 is 23.5 Å². The highest BCUT2D eigenvalue weighted by Gasteiger charge is 2.35. The second kappa shape index (κ2) is 7.53. The van der Waals surface area contributed by atoms with Gasteiger partial charge in [0.05, 0.1) is 11.6 Å². The number of carbonyl (C=O) groups excluding carboxylic acids is 3. The van der Waals surface area contributed by atoms with Gasteiger partial charge in [0.1, 0.15) is 11.6 Å². The van der Waals surface area contributed by atoms with E-state index in [4.69, 9.17) is 0 Å². The summed E-state index contributed by atoms with van der Waals surface area (Å²) in [6.07, 6.45) is -0.0288. The van der Waals surface area contributed by atoms with Crippen LogP contribution in [-0.4, -0.2) is 24.3 Å². The van der Waals surface area contributed by atoms with Gasteiger partial charge in [-0.1, -0.05) is 6.07 Å². The van der Waals surface area contributed by atoms with Gasteiger partial charge in [0.25, 0.3) is 0 Å². The first kappa shape index (κ1) is 18.5. The minimum Gasteiger partial charge on any atom is -0.326 e. The molecule has 0 saturated carbocycles. The maximum Gasteiger partial charge on any atom is 0.229 e. The lowest BCUT2D eigenvalue weighted by molar-refractivity contribution is -0.122. The summed E-state index contributed by atoms with van der Waals surface area (Å²) in [4.78, 5) is 37.3. The second-order valence-electron chi connectivity index (χ2n) is 6.25. The molecule has 3 rings (SSSR count). The van der Waals surface area contributed by atoms with Crippen molar-refractivity contribution in [2.45, 2.75) is 13.3 Å². The van der Waals surface area contributed by atoms with Crippen molar-refractivity contribution in [2.75, 3.05) is 22.1 Å². The summed E-state index contributed by atoms with van der Waals surface area (Å²) in [6, 6.07) is 9.56. The van der Waals surface area contributed by atoms with Crippen molar-refractivity contribution in [1.29, 1.82) is 0 Å². The predicted molar refractivity (Wildman–Crippen MR) is 96.2 cm³/mol. The Morgan fingerprint density at radius 3 is 2.59 bits per heavy atom. The van der Waals surface area contributed by atoms with Crippen LogP contribution in [-0.2, 0) is 14.4 Å². The fourth-order valence-electron chi connectivity index (χ4n) is 2.91. The van der Waals surface area contributed by atoms with E-state index in [-0.39, 0.29) is 30.5 Å². The van der Waals surface area contributed by atoms with E-state index >= 15 is 0 Å². The first-order valence-electron chi connectivity index (χ1n) is 8.27. The lowest BCUT2D eigenvalue weighted by atomic mass is 10.1. The Kier molecular flexibility index (Phi) is 5.16. The van der Waals surface area contributed by atoms with Crippen molar-refractivity contribution >= 4 is 34.8 Å². The Morgan fingerprint density at radius 2 is 1.89 bits per heavy atom. The molecule has 1 heterocycles. The van der Waals surface area contributed by atoms with Crippen molar-refractivity contribution in [3.05, 3.63) is 54.1 Å². The topological polar surface area (TPSA) is 78.5 Å². The molecular weight excluding hydrogens is 356 g/mol. The molecule has 1 aliphatic rings. The van der Waals surface area contributed by atoms with Gasteiger partial charge in [0.2, 0.25) is 17.7 Å². The van der Waals surface area contributed by atoms with Crippen molar-refractivity contribution in [3.63, 3.8) is 0 Å². The molecule has 1 fully saturated rings.